The summed E-state index contributed by atoms with van der Waals surface area (Å²) < 4.78 is 36.8. The highest BCUT2D eigenvalue weighted by atomic mass is 19.4. The lowest BCUT2D eigenvalue weighted by molar-refractivity contribution is -0.137. The zero-order chi connectivity index (χ0) is 12.3. The Morgan fingerprint density at radius 2 is 2.00 bits per heavy atom. The highest BCUT2D eigenvalue weighted by Gasteiger charge is 2.30. The van der Waals surface area contributed by atoms with Gasteiger partial charge in [-0.3, -0.25) is 4.98 Å². The largest absolute Gasteiger partial charge is 0.417 e. The van der Waals surface area contributed by atoms with E-state index in [1.807, 2.05) is 13.8 Å². The first-order valence-electron chi connectivity index (χ1n) is 5.15. The van der Waals surface area contributed by atoms with Gasteiger partial charge in [-0.1, -0.05) is 13.8 Å². The summed E-state index contributed by atoms with van der Waals surface area (Å²) in [6.07, 6.45) is -2.71. The summed E-state index contributed by atoms with van der Waals surface area (Å²) in [6, 6.07) is 2.36. The van der Waals surface area contributed by atoms with Gasteiger partial charge in [0.2, 0.25) is 0 Å². The highest BCUT2D eigenvalue weighted by Crippen LogP contribution is 2.29. The Bertz CT molecular complexity index is 332. The van der Waals surface area contributed by atoms with Crippen LogP contribution >= 0.6 is 0 Å². The average Bonchev–Trinajstić information content (AvgIpc) is 2.26. The fourth-order valence-electron chi connectivity index (χ4n) is 1.42. The second kappa shape index (κ2) is 4.82. The molecule has 0 bridgehead atoms. The van der Waals surface area contributed by atoms with Gasteiger partial charge in [0.25, 0.3) is 0 Å². The quantitative estimate of drug-likeness (QED) is 0.870. The third-order valence-corrected chi connectivity index (χ3v) is 2.69. The van der Waals surface area contributed by atoms with Gasteiger partial charge in [0.1, 0.15) is 0 Å². The second-order valence-electron chi connectivity index (χ2n) is 3.83. The minimum atomic E-state index is -4.33. The van der Waals surface area contributed by atoms with E-state index in [0.29, 0.717) is 5.69 Å². The highest BCUT2D eigenvalue weighted by molar-refractivity contribution is 5.19. The lowest BCUT2D eigenvalue weighted by atomic mass is 9.96. The van der Waals surface area contributed by atoms with Crippen molar-refractivity contribution in [2.24, 2.45) is 5.73 Å². The molecule has 2 nitrogen and oxygen atoms in total. The van der Waals surface area contributed by atoms with Crippen molar-refractivity contribution in [2.45, 2.75) is 38.4 Å². The number of nitrogens with two attached hydrogens (primary N) is 1. The van der Waals surface area contributed by atoms with Crippen LogP contribution in [0.3, 0.4) is 0 Å². The van der Waals surface area contributed by atoms with Crippen molar-refractivity contribution in [1.82, 2.24) is 4.98 Å². The van der Waals surface area contributed by atoms with Crippen LogP contribution < -0.4 is 5.73 Å². The predicted molar refractivity (Wildman–Crippen MR) is 55.9 cm³/mol. The summed E-state index contributed by atoms with van der Waals surface area (Å²) in [7, 11) is 0. The summed E-state index contributed by atoms with van der Waals surface area (Å²) in [6.45, 7) is 3.80. The van der Waals surface area contributed by atoms with E-state index in [-0.39, 0.29) is 12.0 Å². The van der Waals surface area contributed by atoms with E-state index >= 15 is 0 Å². The number of nitrogens with zero attached hydrogens (tertiary/aromatic N) is 1. The van der Waals surface area contributed by atoms with Gasteiger partial charge in [-0.05, 0) is 18.6 Å². The molecule has 0 aliphatic carbocycles. The number of alkyl halides is 3. The number of hydrogen-bond acceptors (Lipinski definition) is 2. The minimum absolute atomic E-state index is 0.0349. The molecule has 1 rings (SSSR count). The lowest BCUT2D eigenvalue weighted by Crippen LogP contribution is -2.26. The van der Waals surface area contributed by atoms with Crippen molar-refractivity contribution in [3.63, 3.8) is 0 Å². The van der Waals surface area contributed by atoms with Crippen LogP contribution in [0.1, 0.15) is 37.4 Å². The van der Waals surface area contributed by atoms with E-state index in [1.54, 1.807) is 0 Å². The van der Waals surface area contributed by atoms with Crippen molar-refractivity contribution in [3.8, 4) is 0 Å². The second-order valence-corrected chi connectivity index (χ2v) is 3.83. The van der Waals surface area contributed by atoms with Crippen molar-refractivity contribution in [3.05, 3.63) is 29.6 Å². The molecule has 16 heavy (non-hydrogen) atoms. The molecule has 90 valence electrons. The molecule has 2 atom stereocenters. The molecular formula is C11H15F3N2. The number of rotatable bonds is 3. The maximum absolute atomic E-state index is 12.3. The molecule has 2 N–H and O–H groups in total. The molecule has 1 aromatic rings. The van der Waals surface area contributed by atoms with E-state index in [1.165, 1.54) is 6.07 Å². The monoisotopic (exact) mass is 232 g/mol. The van der Waals surface area contributed by atoms with Crippen molar-refractivity contribution in [2.75, 3.05) is 0 Å². The number of halogens is 3. The molecule has 0 fully saturated rings. The van der Waals surface area contributed by atoms with Crippen LogP contribution in [-0.4, -0.2) is 11.0 Å². The predicted octanol–water partition coefficient (Wildman–Crippen LogP) is 2.94. The Morgan fingerprint density at radius 3 is 2.38 bits per heavy atom. The zero-order valence-electron chi connectivity index (χ0n) is 9.25. The molecule has 1 heterocycles. The Labute approximate surface area is 92.7 Å². The van der Waals surface area contributed by atoms with Gasteiger partial charge in [-0.2, -0.15) is 13.2 Å². The van der Waals surface area contributed by atoms with Crippen molar-refractivity contribution >= 4 is 0 Å². The van der Waals surface area contributed by atoms with Gasteiger partial charge in [-0.15, -0.1) is 0 Å². The molecule has 0 saturated carbocycles. The van der Waals surface area contributed by atoms with E-state index in [2.05, 4.69) is 4.98 Å². The third kappa shape index (κ3) is 2.95. The fourth-order valence-corrected chi connectivity index (χ4v) is 1.42. The van der Waals surface area contributed by atoms with Gasteiger partial charge in [0, 0.05) is 23.9 Å². The summed E-state index contributed by atoms with van der Waals surface area (Å²) in [5.74, 6) is -0.0349. The van der Waals surface area contributed by atoms with Gasteiger partial charge in [-0.25, -0.2) is 0 Å². The first-order chi connectivity index (χ1) is 7.36. The third-order valence-electron chi connectivity index (χ3n) is 2.69. The molecule has 0 radical (unpaired) electrons. The molecule has 0 aliphatic heterocycles. The number of aromatic nitrogens is 1. The van der Waals surface area contributed by atoms with Crippen LogP contribution in [0.2, 0.25) is 0 Å². The normalized spacial score (nSPS) is 15.9. The molecule has 5 heteroatoms. The van der Waals surface area contributed by atoms with Gasteiger partial charge in [0.05, 0.1) is 5.56 Å². The fraction of sp³-hybridized carbons (Fsp3) is 0.545. The van der Waals surface area contributed by atoms with E-state index in [4.69, 9.17) is 5.73 Å². The van der Waals surface area contributed by atoms with Gasteiger partial charge >= 0.3 is 6.18 Å². The van der Waals surface area contributed by atoms with E-state index < -0.39 is 11.7 Å². The Hall–Kier alpha value is -1.10. The number of pyridine rings is 1. The van der Waals surface area contributed by atoms with Crippen LogP contribution in [0.25, 0.3) is 0 Å². The molecule has 0 aliphatic rings. The topological polar surface area (TPSA) is 38.9 Å². The molecule has 0 amide bonds. The minimum Gasteiger partial charge on any atom is -0.327 e. The Morgan fingerprint density at radius 1 is 1.38 bits per heavy atom. The van der Waals surface area contributed by atoms with Crippen LogP contribution in [-0.2, 0) is 6.18 Å². The smallest absolute Gasteiger partial charge is 0.327 e. The first-order valence-corrected chi connectivity index (χ1v) is 5.15. The van der Waals surface area contributed by atoms with Crippen LogP contribution in [0.4, 0.5) is 13.2 Å². The van der Waals surface area contributed by atoms with Gasteiger partial charge in [0.15, 0.2) is 0 Å². The standard InChI is InChI=1S/C11H15F3N2/c1-3-9(15)7(2)10-5-4-8(6-16-10)11(12,13)14/h4-7,9H,3,15H2,1-2H3. The molecule has 0 saturated heterocycles. The lowest BCUT2D eigenvalue weighted by Gasteiger charge is -2.18. The van der Waals surface area contributed by atoms with Crippen molar-refractivity contribution < 1.29 is 13.2 Å². The maximum Gasteiger partial charge on any atom is 0.417 e. The molecule has 1 aromatic heterocycles. The van der Waals surface area contributed by atoms with Crippen LogP contribution in [0.5, 0.6) is 0 Å². The maximum atomic E-state index is 12.3. The molecule has 2 unspecified atom stereocenters. The summed E-state index contributed by atoms with van der Waals surface area (Å²) in [5.41, 5.74) is 5.68. The van der Waals surface area contributed by atoms with E-state index in [9.17, 15) is 13.2 Å². The molecule has 0 spiro atoms. The summed E-state index contributed by atoms with van der Waals surface area (Å²) in [4.78, 5) is 3.81. The first kappa shape index (κ1) is 13.0. The SMILES string of the molecule is CCC(N)C(C)c1ccc(C(F)(F)F)cn1. The van der Waals surface area contributed by atoms with Crippen molar-refractivity contribution in [1.29, 1.82) is 0 Å². The zero-order valence-corrected chi connectivity index (χ0v) is 9.25. The number of hydrogen-bond donors (Lipinski definition) is 1. The van der Waals surface area contributed by atoms with Crippen LogP contribution in [0, 0.1) is 0 Å². The summed E-state index contributed by atoms with van der Waals surface area (Å²) >= 11 is 0. The Kier molecular flexibility index (Phi) is 3.91. The Balaban J connectivity index is 2.87. The van der Waals surface area contributed by atoms with Gasteiger partial charge < -0.3 is 5.73 Å². The molecular weight excluding hydrogens is 217 g/mol. The molecule has 0 aromatic carbocycles. The van der Waals surface area contributed by atoms with Crippen LogP contribution in [0.15, 0.2) is 18.3 Å². The van der Waals surface area contributed by atoms with E-state index in [0.717, 1.165) is 18.7 Å². The average molecular weight is 232 g/mol. The summed E-state index contributed by atoms with van der Waals surface area (Å²) in [5, 5.41) is 0.